The van der Waals surface area contributed by atoms with Gasteiger partial charge in [0.25, 0.3) is 0 Å². The Bertz CT molecular complexity index is 303. The number of hydrogen-bond donors (Lipinski definition) is 2. The monoisotopic (exact) mass is 272 g/mol. The summed E-state index contributed by atoms with van der Waals surface area (Å²) in [5.41, 5.74) is 5.60. The number of rotatable bonds is 9. The Morgan fingerprint density at radius 1 is 1.32 bits per heavy atom. The molecule has 0 radical (unpaired) electrons. The van der Waals surface area contributed by atoms with Gasteiger partial charge in [-0.1, -0.05) is 20.8 Å². The second-order valence-corrected chi connectivity index (χ2v) is 5.87. The summed E-state index contributed by atoms with van der Waals surface area (Å²) in [6.45, 7) is 9.14. The number of nitrogens with two attached hydrogens (primary N) is 1. The van der Waals surface area contributed by atoms with Gasteiger partial charge >= 0.3 is 5.97 Å². The molecule has 5 nitrogen and oxygen atoms in total. The van der Waals surface area contributed by atoms with Crippen molar-refractivity contribution in [3.05, 3.63) is 0 Å². The minimum absolute atomic E-state index is 0.0284. The highest BCUT2D eigenvalue weighted by atomic mass is 16.4. The van der Waals surface area contributed by atoms with Gasteiger partial charge in [-0.3, -0.25) is 9.59 Å². The average molecular weight is 272 g/mol. The SMILES string of the molecule is CCN(CC(C)C(=O)O)C(=O)CCC(C)(C)CCN. The van der Waals surface area contributed by atoms with Gasteiger partial charge in [-0.25, -0.2) is 0 Å². The Hall–Kier alpha value is -1.10. The maximum Gasteiger partial charge on any atom is 0.308 e. The van der Waals surface area contributed by atoms with Crippen LogP contribution in [0.1, 0.15) is 47.0 Å². The van der Waals surface area contributed by atoms with Crippen LogP contribution in [0.2, 0.25) is 0 Å². The summed E-state index contributed by atoms with van der Waals surface area (Å²) in [4.78, 5) is 24.5. The number of nitrogens with zero attached hydrogens (tertiary/aromatic N) is 1. The van der Waals surface area contributed by atoms with Gasteiger partial charge in [0.1, 0.15) is 0 Å². The quantitative estimate of drug-likeness (QED) is 0.669. The van der Waals surface area contributed by atoms with Crippen molar-refractivity contribution < 1.29 is 14.7 Å². The van der Waals surface area contributed by atoms with Gasteiger partial charge in [-0.15, -0.1) is 0 Å². The number of carbonyl (C=O) groups excluding carboxylic acids is 1. The first-order valence-corrected chi connectivity index (χ1v) is 6.94. The standard InChI is InChI=1S/C14H28N2O3/c1-5-16(10-11(2)13(18)19)12(17)6-7-14(3,4)8-9-15/h11H,5-10,15H2,1-4H3,(H,18,19). The van der Waals surface area contributed by atoms with E-state index in [2.05, 4.69) is 13.8 Å². The number of carboxylic acid groups (broad SMARTS) is 1. The average Bonchev–Trinajstić information content (AvgIpc) is 2.32. The Balaban J connectivity index is 4.33. The summed E-state index contributed by atoms with van der Waals surface area (Å²) in [6, 6.07) is 0. The van der Waals surface area contributed by atoms with Crippen molar-refractivity contribution in [1.29, 1.82) is 0 Å². The predicted octanol–water partition coefficient (Wildman–Crippen LogP) is 1.71. The van der Waals surface area contributed by atoms with E-state index >= 15 is 0 Å². The lowest BCUT2D eigenvalue weighted by Gasteiger charge is -2.27. The van der Waals surface area contributed by atoms with Gasteiger partial charge in [-0.05, 0) is 31.7 Å². The molecule has 1 unspecified atom stereocenters. The lowest BCUT2D eigenvalue weighted by molar-refractivity contribution is -0.143. The zero-order valence-corrected chi connectivity index (χ0v) is 12.6. The molecule has 1 amide bonds. The molecule has 0 aliphatic rings. The largest absolute Gasteiger partial charge is 0.481 e. The van der Waals surface area contributed by atoms with Crippen LogP contribution in [0.4, 0.5) is 0 Å². The third-order valence-electron chi connectivity index (χ3n) is 3.49. The lowest BCUT2D eigenvalue weighted by atomic mass is 9.84. The highest BCUT2D eigenvalue weighted by Gasteiger charge is 2.22. The van der Waals surface area contributed by atoms with E-state index in [1.807, 2.05) is 6.92 Å². The normalized spacial score (nSPS) is 13.1. The molecule has 0 aromatic heterocycles. The van der Waals surface area contributed by atoms with E-state index in [-0.39, 0.29) is 17.9 Å². The summed E-state index contributed by atoms with van der Waals surface area (Å²) in [5, 5.41) is 8.89. The van der Waals surface area contributed by atoms with Gasteiger partial charge < -0.3 is 15.7 Å². The fraction of sp³-hybridized carbons (Fsp3) is 0.857. The van der Waals surface area contributed by atoms with E-state index in [4.69, 9.17) is 10.8 Å². The molecule has 0 saturated carbocycles. The molecule has 0 saturated heterocycles. The maximum absolute atomic E-state index is 12.1. The van der Waals surface area contributed by atoms with Crippen LogP contribution in [0.15, 0.2) is 0 Å². The molecule has 0 spiro atoms. The molecule has 0 aliphatic heterocycles. The van der Waals surface area contributed by atoms with Gasteiger partial charge in [0, 0.05) is 19.5 Å². The van der Waals surface area contributed by atoms with Crippen LogP contribution in [0, 0.1) is 11.3 Å². The Morgan fingerprint density at radius 3 is 2.32 bits per heavy atom. The molecule has 3 N–H and O–H groups in total. The highest BCUT2D eigenvalue weighted by molar-refractivity contribution is 5.77. The van der Waals surface area contributed by atoms with E-state index in [1.165, 1.54) is 0 Å². The van der Waals surface area contributed by atoms with Crippen molar-refractivity contribution >= 4 is 11.9 Å². The van der Waals surface area contributed by atoms with Crippen LogP contribution in [0.3, 0.4) is 0 Å². The number of amides is 1. The number of hydrogen-bond acceptors (Lipinski definition) is 3. The van der Waals surface area contributed by atoms with E-state index in [1.54, 1.807) is 11.8 Å². The molecule has 1 atom stereocenters. The fourth-order valence-electron chi connectivity index (χ4n) is 1.94. The first-order valence-electron chi connectivity index (χ1n) is 6.94. The Morgan fingerprint density at radius 2 is 1.89 bits per heavy atom. The van der Waals surface area contributed by atoms with Gasteiger partial charge in [0.2, 0.25) is 5.91 Å². The molecular weight excluding hydrogens is 244 g/mol. The third kappa shape index (κ3) is 7.15. The Kier molecular flexibility index (Phi) is 7.68. The highest BCUT2D eigenvalue weighted by Crippen LogP contribution is 2.26. The van der Waals surface area contributed by atoms with E-state index in [0.717, 1.165) is 12.8 Å². The number of carboxylic acids is 1. The topological polar surface area (TPSA) is 83.6 Å². The molecule has 0 heterocycles. The van der Waals surface area contributed by atoms with Crippen LogP contribution in [-0.2, 0) is 9.59 Å². The summed E-state index contributed by atoms with van der Waals surface area (Å²) < 4.78 is 0. The smallest absolute Gasteiger partial charge is 0.308 e. The molecule has 0 aromatic carbocycles. The number of aliphatic carboxylic acids is 1. The zero-order chi connectivity index (χ0) is 15.1. The van der Waals surface area contributed by atoms with Crippen molar-refractivity contribution in [3.8, 4) is 0 Å². The summed E-state index contributed by atoms with van der Waals surface area (Å²) in [7, 11) is 0. The molecule has 0 aliphatic carbocycles. The van der Waals surface area contributed by atoms with E-state index < -0.39 is 11.9 Å². The zero-order valence-electron chi connectivity index (χ0n) is 12.6. The van der Waals surface area contributed by atoms with E-state index in [9.17, 15) is 9.59 Å². The summed E-state index contributed by atoms with van der Waals surface area (Å²) in [6.07, 6.45) is 2.12. The molecule has 0 bridgehead atoms. The van der Waals surface area contributed by atoms with Crippen molar-refractivity contribution in [1.82, 2.24) is 4.90 Å². The molecule has 0 aromatic rings. The fourth-order valence-corrected chi connectivity index (χ4v) is 1.94. The van der Waals surface area contributed by atoms with Crippen LogP contribution in [0.5, 0.6) is 0 Å². The van der Waals surface area contributed by atoms with Crippen molar-refractivity contribution in [3.63, 3.8) is 0 Å². The first kappa shape index (κ1) is 17.9. The summed E-state index contributed by atoms with van der Waals surface area (Å²) >= 11 is 0. The van der Waals surface area contributed by atoms with Crippen molar-refractivity contribution in [2.75, 3.05) is 19.6 Å². The van der Waals surface area contributed by atoms with Crippen LogP contribution in [-0.4, -0.2) is 41.5 Å². The van der Waals surface area contributed by atoms with Gasteiger partial charge in [0.05, 0.1) is 5.92 Å². The second-order valence-electron chi connectivity index (χ2n) is 5.87. The van der Waals surface area contributed by atoms with Crippen LogP contribution >= 0.6 is 0 Å². The van der Waals surface area contributed by atoms with E-state index in [0.29, 0.717) is 19.5 Å². The minimum Gasteiger partial charge on any atom is -0.481 e. The van der Waals surface area contributed by atoms with Gasteiger partial charge in [-0.2, -0.15) is 0 Å². The lowest BCUT2D eigenvalue weighted by Crippen LogP contribution is -2.37. The number of carbonyl (C=O) groups is 2. The Labute approximate surface area is 116 Å². The predicted molar refractivity (Wildman–Crippen MR) is 75.7 cm³/mol. The summed E-state index contributed by atoms with van der Waals surface area (Å²) in [5.74, 6) is -1.36. The first-order chi connectivity index (χ1) is 8.73. The molecule has 0 fully saturated rings. The van der Waals surface area contributed by atoms with Gasteiger partial charge in [0.15, 0.2) is 0 Å². The third-order valence-corrected chi connectivity index (χ3v) is 3.49. The van der Waals surface area contributed by atoms with Crippen molar-refractivity contribution in [2.45, 2.75) is 47.0 Å². The molecule has 0 rings (SSSR count). The maximum atomic E-state index is 12.1. The van der Waals surface area contributed by atoms with Crippen LogP contribution < -0.4 is 5.73 Å². The van der Waals surface area contributed by atoms with Crippen LogP contribution in [0.25, 0.3) is 0 Å². The molecule has 19 heavy (non-hydrogen) atoms. The molecular formula is C14H28N2O3. The second kappa shape index (κ2) is 8.15. The molecule has 112 valence electrons. The molecule has 5 heteroatoms. The van der Waals surface area contributed by atoms with Crippen molar-refractivity contribution in [2.24, 2.45) is 17.1 Å². The minimum atomic E-state index is -0.866.